The molecule has 0 fully saturated rings. The number of hydrogen-bond donors (Lipinski definition) is 0. The van der Waals surface area contributed by atoms with Crippen LogP contribution in [-0.2, 0) is 12.8 Å². The molecule has 72 valence electrons. The number of aryl methyl sites for hydroxylation is 1. The van der Waals surface area contributed by atoms with Crippen LogP contribution in [0.2, 0.25) is 0 Å². The fourth-order valence-electron chi connectivity index (χ4n) is 1.97. The van der Waals surface area contributed by atoms with Gasteiger partial charge in [0.25, 0.3) is 0 Å². The number of nitriles is 2. The van der Waals surface area contributed by atoms with Gasteiger partial charge in [0.1, 0.15) is 17.7 Å². The molecule has 0 radical (unpaired) electrons. The van der Waals surface area contributed by atoms with Gasteiger partial charge in [0.2, 0.25) is 0 Å². The lowest BCUT2D eigenvalue weighted by Gasteiger charge is -2.18. The lowest BCUT2D eigenvalue weighted by molar-refractivity contribution is 0.831. The van der Waals surface area contributed by atoms with Gasteiger partial charge in [-0.25, -0.2) is 0 Å². The van der Waals surface area contributed by atoms with E-state index in [2.05, 4.69) is 12.1 Å². The van der Waals surface area contributed by atoms with Crippen molar-refractivity contribution in [2.45, 2.75) is 19.3 Å². The Morgan fingerprint density at radius 2 is 1.67 bits per heavy atom. The first-order valence-corrected chi connectivity index (χ1v) is 4.94. The average Bonchev–Trinajstić information content (AvgIpc) is 2.30. The van der Waals surface area contributed by atoms with Crippen LogP contribution in [0, 0.1) is 22.7 Å². The molecule has 0 atom stereocenters. The maximum absolute atomic E-state index is 8.80. The summed E-state index contributed by atoms with van der Waals surface area (Å²) in [6.07, 6.45) is 2.54. The normalized spacial score (nSPS) is 13.6. The summed E-state index contributed by atoms with van der Waals surface area (Å²) in [6, 6.07) is 12.2. The van der Waals surface area contributed by atoms with Gasteiger partial charge in [-0.3, -0.25) is 0 Å². The van der Waals surface area contributed by atoms with E-state index in [1.165, 1.54) is 11.1 Å². The van der Waals surface area contributed by atoms with E-state index >= 15 is 0 Å². The molecular formula is C13H10N2. The second-order valence-corrected chi connectivity index (χ2v) is 3.65. The molecule has 1 aliphatic rings. The Morgan fingerprint density at radius 1 is 1.00 bits per heavy atom. The van der Waals surface area contributed by atoms with Crippen molar-refractivity contribution in [3.05, 3.63) is 46.5 Å². The molecule has 0 bridgehead atoms. The first-order chi connectivity index (χ1) is 7.35. The fraction of sp³-hybridized carbons (Fsp3) is 0.231. The molecule has 15 heavy (non-hydrogen) atoms. The Balaban J connectivity index is 2.39. The van der Waals surface area contributed by atoms with Crippen molar-refractivity contribution in [1.29, 1.82) is 10.5 Å². The third kappa shape index (κ3) is 1.75. The smallest absolute Gasteiger partial charge is 0.129 e. The van der Waals surface area contributed by atoms with Crippen LogP contribution in [0.15, 0.2) is 35.4 Å². The molecule has 0 saturated heterocycles. The van der Waals surface area contributed by atoms with Crippen LogP contribution in [0.3, 0.4) is 0 Å². The molecular weight excluding hydrogens is 184 g/mol. The zero-order valence-corrected chi connectivity index (χ0v) is 8.33. The first-order valence-electron chi connectivity index (χ1n) is 4.94. The molecule has 2 rings (SSSR count). The van der Waals surface area contributed by atoms with Gasteiger partial charge in [-0.2, -0.15) is 10.5 Å². The molecule has 0 amide bonds. The number of rotatable bonds is 0. The molecule has 1 aromatic rings. The summed E-state index contributed by atoms with van der Waals surface area (Å²) in [5, 5.41) is 17.6. The van der Waals surface area contributed by atoms with Crippen LogP contribution < -0.4 is 0 Å². The molecule has 2 nitrogen and oxygen atoms in total. The quantitative estimate of drug-likeness (QED) is 0.596. The largest absolute Gasteiger partial charge is 0.192 e. The Hall–Kier alpha value is -2.06. The highest BCUT2D eigenvalue weighted by molar-refractivity contribution is 5.45. The van der Waals surface area contributed by atoms with Gasteiger partial charge in [0.05, 0.1) is 0 Å². The average molecular weight is 194 g/mol. The van der Waals surface area contributed by atoms with E-state index in [1.807, 2.05) is 24.3 Å². The first kappa shape index (κ1) is 9.49. The summed E-state index contributed by atoms with van der Waals surface area (Å²) in [5.41, 5.74) is 3.88. The maximum Gasteiger partial charge on any atom is 0.129 e. The highest BCUT2D eigenvalue weighted by atomic mass is 14.3. The van der Waals surface area contributed by atoms with Crippen LogP contribution >= 0.6 is 0 Å². The summed E-state index contributed by atoms with van der Waals surface area (Å²) in [7, 11) is 0. The molecule has 0 spiro atoms. The van der Waals surface area contributed by atoms with Gasteiger partial charge in [0.15, 0.2) is 0 Å². The lowest BCUT2D eigenvalue weighted by atomic mass is 9.86. The number of allylic oxidation sites excluding steroid dienone is 2. The summed E-state index contributed by atoms with van der Waals surface area (Å²) in [4.78, 5) is 0. The topological polar surface area (TPSA) is 47.6 Å². The third-order valence-corrected chi connectivity index (χ3v) is 2.80. The van der Waals surface area contributed by atoms with E-state index in [9.17, 15) is 0 Å². The predicted octanol–water partition coefficient (Wildman–Crippen LogP) is 2.52. The third-order valence-electron chi connectivity index (χ3n) is 2.80. The molecule has 0 N–H and O–H groups in total. The molecule has 1 aliphatic carbocycles. The van der Waals surface area contributed by atoms with Gasteiger partial charge in [-0.1, -0.05) is 24.3 Å². The van der Waals surface area contributed by atoms with E-state index < -0.39 is 0 Å². The van der Waals surface area contributed by atoms with Crippen molar-refractivity contribution in [2.75, 3.05) is 0 Å². The monoisotopic (exact) mass is 194 g/mol. The Kier molecular flexibility index (Phi) is 2.52. The van der Waals surface area contributed by atoms with Crippen molar-refractivity contribution >= 4 is 0 Å². The predicted molar refractivity (Wildman–Crippen MR) is 56.7 cm³/mol. The minimum Gasteiger partial charge on any atom is -0.192 e. The zero-order chi connectivity index (χ0) is 10.7. The van der Waals surface area contributed by atoms with Crippen LogP contribution in [0.1, 0.15) is 17.5 Å². The van der Waals surface area contributed by atoms with Gasteiger partial charge in [-0.05, 0) is 36.0 Å². The second-order valence-electron chi connectivity index (χ2n) is 3.65. The number of nitrogens with zero attached hydrogens (tertiary/aromatic N) is 2. The summed E-state index contributed by atoms with van der Waals surface area (Å²) < 4.78 is 0. The Morgan fingerprint density at radius 3 is 2.33 bits per heavy atom. The highest BCUT2D eigenvalue weighted by Crippen LogP contribution is 2.26. The summed E-state index contributed by atoms with van der Waals surface area (Å²) in [6.45, 7) is 0. The standard InChI is InChI=1S/C13H10N2/c14-8-13(9-15)12-6-5-10-3-1-2-4-11(10)7-12/h1-4H,5-7H2. The molecule has 0 heterocycles. The van der Waals surface area contributed by atoms with Gasteiger partial charge in [0, 0.05) is 0 Å². The van der Waals surface area contributed by atoms with E-state index in [4.69, 9.17) is 10.5 Å². The highest BCUT2D eigenvalue weighted by Gasteiger charge is 2.15. The fourth-order valence-corrected chi connectivity index (χ4v) is 1.97. The second kappa shape index (κ2) is 3.98. The molecule has 0 unspecified atom stereocenters. The van der Waals surface area contributed by atoms with Crippen LogP contribution in [0.25, 0.3) is 0 Å². The summed E-state index contributed by atoms with van der Waals surface area (Å²) in [5.74, 6) is 0. The number of hydrogen-bond acceptors (Lipinski definition) is 2. The maximum atomic E-state index is 8.80. The Labute approximate surface area is 89.1 Å². The zero-order valence-electron chi connectivity index (χ0n) is 8.33. The van der Waals surface area contributed by atoms with Crippen molar-refractivity contribution in [1.82, 2.24) is 0 Å². The molecule has 2 heteroatoms. The Bertz CT molecular complexity index is 482. The van der Waals surface area contributed by atoms with Crippen molar-refractivity contribution in [2.24, 2.45) is 0 Å². The van der Waals surface area contributed by atoms with Crippen molar-refractivity contribution < 1.29 is 0 Å². The summed E-state index contributed by atoms with van der Waals surface area (Å²) >= 11 is 0. The van der Waals surface area contributed by atoms with E-state index in [0.717, 1.165) is 24.8 Å². The number of benzene rings is 1. The molecule has 0 aromatic heterocycles. The number of fused-ring (bicyclic) bond motifs is 1. The van der Waals surface area contributed by atoms with E-state index in [-0.39, 0.29) is 0 Å². The van der Waals surface area contributed by atoms with Crippen molar-refractivity contribution in [3.63, 3.8) is 0 Å². The van der Waals surface area contributed by atoms with E-state index in [0.29, 0.717) is 5.57 Å². The molecule has 0 aliphatic heterocycles. The van der Waals surface area contributed by atoms with Gasteiger partial charge >= 0.3 is 0 Å². The van der Waals surface area contributed by atoms with Crippen molar-refractivity contribution in [3.8, 4) is 12.1 Å². The SMILES string of the molecule is N#CC(C#N)=C1CCc2ccccc2C1. The minimum atomic E-state index is 0.296. The van der Waals surface area contributed by atoms with Gasteiger partial charge in [-0.15, -0.1) is 0 Å². The van der Waals surface area contributed by atoms with Crippen LogP contribution in [-0.4, -0.2) is 0 Å². The van der Waals surface area contributed by atoms with E-state index in [1.54, 1.807) is 0 Å². The minimum absolute atomic E-state index is 0.296. The van der Waals surface area contributed by atoms with Crippen LogP contribution in [0.5, 0.6) is 0 Å². The lowest BCUT2D eigenvalue weighted by Crippen LogP contribution is -2.06. The van der Waals surface area contributed by atoms with Gasteiger partial charge < -0.3 is 0 Å². The van der Waals surface area contributed by atoms with Crippen LogP contribution in [0.4, 0.5) is 0 Å². The molecule has 0 saturated carbocycles. The molecule has 1 aromatic carbocycles.